The number of β-amino-alcohol motifs (C(OH)–C–C–N with tert-alkyl or cyclic N) is 1. The summed E-state index contributed by atoms with van der Waals surface area (Å²) in [6.45, 7) is 2.58. The maximum Gasteiger partial charge on any atom is 0.241 e. The fourth-order valence-electron chi connectivity index (χ4n) is 1.54. The zero-order chi connectivity index (χ0) is 8.97. The molecule has 4 nitrogen and oxygen atoms in total. The Hall–Kier alpha value is -0.610. The highest BCUT2D eigenvalue weighted by atomic mass is 16.3. The lowest BCUT2D eigenvalue weighted by atomic mass is 10.2. The third-order valence-electron chi connectivity index (χ3n) is 2.09. The largest absolute Gasteiger partial charge is 0.391 e. The normalized spacial score (nSPS) is 21.1. The van der Waals surface area contributed by atoms with Crippen molar-refractivity contribution in [3.8, 4) is 0 Å². The van der Waals surface area contributed by atoms with E-state index in [2.05, 4.69) is 4.90 Å². The molecule has 4 heteroatoms. The molecule has 69 valence electrons. The Morgan fingerprint density at radius 3 is 2.58 bits per heavy atom. The van der Waals surface area contributed by atoms with Crippen molar-refractivity contribution >= 4 is 5.91 Å². The second-order valence-corrected chi connectivity index (χ2v) is 3.29. The number of carbonyl (C=O) groups excluding carboxylic acids is 1. The molecule has 1 unspecified atom stereocenters. The van der Waals surface area contributed by atoms with E-state index in [1.165, 1.54) is 12.8 Å². The number of nitrogens with one attached hydrogen (secondary N) is 1. The van der Waals surface area contributed by atoms with Crippen LogP contribution in [0.25, 0.3) is 0 Å². The summed E-state index contributed by atoms with van der Waals surface area (Å²) in [6.07, 6.45) is 1.69. The van der Waals surface area contributed by atoms with Crippen molar-refractivity contribution in [2.75, 3.05) is 19.6 Å². The predicted octanol–water partition coefficient (Wildman–Crippen LogP) is -0.357. The van der Waals surface area contributed by atoms with Gasteiger partial charge in [-0.25, -0.2) is 0 Å². The number of rotatable bonds is 4. The number of amides is 1. The molecule has 12 heavy (non-hydrogen) atoms. The van der Waals surface area contributed by atoms with E-state index in [9.17, 15) is 9.90 Å². The van der Waals surface area contributed by atoms with E-state index >= 15 is 0 Å². The summed E-state index contributed by atoms with van der Waals surface area (Å²) in [5, 5.41) is 9.30. The lowest BCUT2D eigenvalue weighted by molar-refractivity contribution is -0.120. The van der Waals surface area contributed by atoms with Crippen LogP contribution in [-0.2, 0) is 4.79 Å². The monoisotopic (exact) mass is 171 g/mol. The second-order valence-electron chi connectivity index (χ2n) is 3.29. The van der Waals surface area contributed by atoms with Crippen LogP contribution in [0.2, 0.25) is 0 Å². The Balaban J connectivity index is 2.16. The third kappa shape index (κ3) is 3.19. The van der Waals surface area contributed by atoms with Crippen LogP contribution in [0.5, 0.6) is 0 Å². The van der Waals surface area contributed by atoms with Gasteiger partial charge < -0.3 is 10.0 Å². The van der Waals surface area contributed by atoms with Crippen molar-refractivity contribution in [3.63, 3.8) is 0 Å². The number of aliphatic hydroxyl groups is 1. The van der Waals surface area contributed by atoms with Gasteiger partial charge in [-0.1, -0.05) is 0 Å². The SMILES string of the molecule is [NH]C(=O)CC(O)CN1CCCC1. The molecule has 1 radical (unpaired) electrons. The van der Waals surface area contributed by atoms with Crippen molar-refractivity contribution in [3.05, 3.63) is 0 Å². The highest BCUT2D eigenvalue weighted by Gasteiger charge is 2.16. The fourth-order valence-corrected chi connectivity index (χ4v) is 1.54. The average Bonchev–Trinajstić information content (AvgIpc) is 2.37. The Morgan fingerprint density at radius 2 is 2.08 bits per heavy atom. The topological polar surface area (TPSA) is 64.3 Å². The molecule has 0 bridgehead atoms. The molecule has 1 atom stereocenters. The molecule has 0 aromatic rings. The van der Waals surface area contributed by atoms with Gasteiger partial charge >= 0.3 is 0 Å². The predicted molar refractivity (Wildman–Crippen MR) is 44.4 cm³/mol. The molecule has 1 heterocycles. The lowest BCUT2D eigenvalue weighted by Gasteiger charge is -2.17. The zero-order valence-electron chi connectivity index (χ0n) is 7.12. The van der Waals surface area contributed by atoms with Gasteiger partial charge in [-0.15, -0.1) is 0 Å². The van der Waals surface area contributed by atoms with Crippen molar-refractivity contribution in [1.29, 1.82) is 0 Å². The van der Waals surface area contributed by atoms with Crippen LogP contribution in [0.15, 0.2) is 0 Å². The van der Waals surface area contributed by atoms with E-state index in [0.29, 0.717) is 6.54 Å². The Kier molecular flexibility index (Phi) is 3.49. The number of hydrogen-bond acceptors (Lipinski definition) is 3. The van der Waals surface area contributed by atoms with Gasteiger partial charge in [0.1, 0.15) is 0 Å². The van der Waals surface area contributed by atoms with Crippen LogP contribution in [-0.4, -0.2) is 41.7 Å². The zero-order valence-corrected chi connectivity index (χ0v) is 7.12. The van der Waals surface area contributed by atoms with Gasteiger partial charge in [-0.05, 0) is 25.9 Å². The van der Waals surface area contributed by atoms with Crippen LogP contribution >= 0.6 is 0 Å². The molecule has 0 aromatic heterocycles. The smallest absolute Gasteiger partial charge is 0.241 e. The summed E-state index contributed by atoms with van der Waals surface area (Å²) >= 11 is 0. The van der Waals surface area contributed by atoms with Gasteiger partial charge in [-0.2, -0.15) is 0 Å². The molecule has 2 N–H and O–H groups in total. The molecule has 1 aliphatic rings. The number of hydrogen-bond donors (Lipinski definition) is 1. The Morgan fingerprint density at radius 1 is 1.50 bits per heavy atom. The number of likely N-dealkylation sites (tertiary alicyclic amines) is 1. The molecule has 1 saturated heterocycles. The molecule has 1 rings (SSSR count). The third-order valence-corrected chi connectivity index (χ3v) is 2.09. The summed E-state index contributed by atoms with van der Waals surface area (Å²) < 4.78 is 0. The van der Waals surface area contributed by atoms with Gasteiger partial charge in [0.15, 0.2) is 0 Å². The number of aliphatic hydroxyl groups excluding tert-OH is 1. The maximum atomic E-state index is 10.3. The molecular weight excluding hydrogens is 156 g/mol. The minimum Gasteiger partial charge on any atom is -0.391 e. The van der Waals surface area contributed by atoms with Gasteiger partial charge in [0.05, 0.1) is 12.5 Å². The van der Waals surface area contributed by atoms with Crippen LogP contribution < -0.4 is 5.73 Å². The first kappa shape index (κ1) is 9.48. The van der Waals surface area contributed by atoms with Gasteiger partial charge in [0, 0.05) is 6.54 Å². The molecule has 1 fully saturated rings. The Bertz CT molecular complexity index is 155. The molecular formula is C8H15N2O2. The lowest BCUT2D eigenvalue weighted by Crippen LogP contribution is -2.31. The first-order valence-electron chi connectivity index (χ1n) is 4.33. The molecule has 0 aliphatic carbocycles. The summed E-state index contributed by atoms with van der Waals surface area (Å²) in [5.74, 6) is -0.679. The number of nitrogens with zero attached hydrogens (tertiary/aromatic N) is 1. The quantitative estimate of drug-likeness (QED) is 0.628. The molecule has 0 spiro atoms. The number of carbonyl (C=O) groups is 1. The average molecular weight is 171 g/mol. The summed E-state index contributed by atoms with van der Waals surface area (Å²) in [7, 11) is 0. The first-order valence-corrected chi connectivity index (χ1v) is 4.33. The van der Waals surface area contributed by atoms with Crippen LogP contribution in [0.4, 0.5) is 0 Å². The van der Waals surface area contributed by atoms with Gasteiger partial charge in [0.2, 0.25) is 5.91 Å². The molecule has 1 amide bonds. The first-order chi connectivity index (χ1) is 5.68. The van der Waals surface area contributed by atoms with E-state index in [4.69, 9.17) is 5.73 Å². The molecule has 1 aliphatic heterocycles. The van der Waals surface area contributed by atoms with E-state index in [1.54, 1.807) is 0 Å². The van der Waals surface area contributed by atoms with Gasteiger partial charge in [-0.3, -0.25) is 10.5 Å². The van der Waals surface area contributed by atoms with Crippen LogP contribution in [0, 0.1) is 0 Å². The van der Waals surface area contributed by atoms with E-state index in [0.717, 1.165) is 13.1 Å². The van der Waals surface area contributed by atoms with E-state index < -0.39 is 12.0 Å². The molecule has 0 aromatic carbocycles. The minimum atomic E-state index is -0.679. The van der Waals surface area contributed by atoms with Gasteiger partial charge in [0.25, 0.3) is 0 Å². The van der Waals surface area contributed by atoms with Crippen LogP contribution in [0.3, 0.4) is 0 Å². The Labute approximate surface area is 72.3 Å². The highest BCUT2D eigenvalue weighted by molar-refractivity contribution is 5.73. The van der Waals surface area contributed by atoms with E-state index in [1.807, 2.05) is 0 Å². The van der Waals surface area contributed by atoms with Crippen molar-refractivity contribution in [2.24, 2.45) is 0 Å². The van der Waals surface area contributed by atoms with Crippen LogP contribution in [0.1, 0.15) is 19.3 Å². The second kappa shape index (κ2) is 4.42. The summed E-state index contributed by atoms with van der Waals surface area (Å²) in [6, 6.07) is 0. The van der Waals surface area contributed by atoms with E-state index in [-0.39, 0.29) is 6.42 Å². The fraction of sp³-hybridized carbons (Fsp3) is 0.875. The minimum absolute atomic E-state index is 0.0312. The van der Waals surface area contributed by atoms with Crippen molar-refractivity contribution < 1.29 is 9.90 Å². The maximum absolute atomic E-state index is 10.3. The van der Waals surface area contributed by atoms with Crippen molar-refractivity contribution in [2.45, 2.75) is 25.4 Å². The molecule has 0 saturated carbocycles. The standard InChI is InChI=1S/C8H15N2O2/c9-8(12)5-7(11)6-10-3-1-2-4-10/h7,9,11H,1-6H2. The highest BCUT2D eigenvalue weighted by Crippen LogP contribution is 2.08. The summed E-state index contributed by atoms with van der Waals surface area (Å²) in [4.78, 5) is 12.4. The van der Waals surface area contributed by atoms with Crippen molar-refractivity contribution in [1.82, 2.24) is 10.6 Å². The summed E-state index contributed by atoms with van der Waals surface area (Å²) in [5.41, 5.74) is 6.66.